The number of fused-ring (bicyclic) bond motifs is 1. The second-order valence-corrected chi connectivity index (χ2v) is 2.93. The summed E-state index contributed by atoms with van der Waals surface area (Å²) in [7, 11) is 0. The van der Waals surface area contributed by atoms with Crippen molar-refractivity contribution in [3.05, 3.63) is 29.0 Å². The van der Waals surface area contributed by atoms with Gasteiger partial charge in [-0.25, -0.2) is 4.98 Å². The highest BCUT2D eigenvalue weighted by Crippen LogP contribution is 2.20. The first-order valence-electron chi connectivity index (χ1n) is 3.36. The number of H-pyrrole nitrogens is 1. The minimum Gasteiger partial charge on any atom is -0.345 e. The smallest absolute Gasteiger partial charge is 0.0931 e. The van der Waals surface area contributed by atoms with Crippen LogP contribution in [0.4, 0.5) is 0 Å². The number of aryl methyl sites for hydroxylation is 1. The zero-order valence-corrected chi connectivity index (χ0v) is 8.04. The van der Waals surface area contributed by atoms with E-state index in [-0.39, 0.29) is 12.4 Å². The molecule has 1 N–H and O–H groups in total. The molecule has 0 spiro atoms. The fourth-order valence-electron chi connectivity index (χ4n) is 1.06. The monoisotopic (exact) mass is 202 g/mol. The molecule has 0 aliphatic rings. The maximum atomic E-state index is 5.89. The highest BCUT2D eigenvalue weighted by Gasteiger charge is 1.99. The van der Waals surface area contributed by atoms with Gasteiger partial charge in [0.1, 0.15) is 0 Å². The van der Waals surface area contributed by atoms with Crippen LogP contribution in [0.5, 0.6) is 0 Å². The average molecular weight is 203 g/mol. The molecule has 0 amide bonds. The van der Waals surface area contributed by atoms with Gasteiger partial charge in [0.25, 0.3) is 0 Å². The van der Waals surface area contributed by atoms with Crippen LogP contribution < -0.4 is 0 Å². The third kappa shape index (κ3) is 1.40. The van der Waals surface area contributed by atoms with E-state index in [9.17, 15) is 0 Å². The number of aromatic nitrogens is 2. The zero-order chi connectivity index (χ0) is 7.84. The van der Waals surface area contributed by atoms with Gasteiger partial charge in [-0.05, 0) is 24.6 Å². The van der Waals surface area contributed by atoms with Crippen molar-refractivity contribution in [3.63, 3.8) is 0 Å². The number of hydrogen-bond acceptors (Lipinski definition) is 1. The molecule has 2 aromatic rings. The summed E-state index contributed by atoms with van der Waals surface area (Å²) in [4.78, 5) is 7.10. The van der Waals surface area contributed by atoms with Crippen molar-refractivity contribution < 1.29 is 0 Å². The number of rotatable bonds is 0. The number of imidazole rings is 1. The van der Waals surface area contributed by atoms with E-state index >= 15 is 0 Å². The lowest BCUT2D eigenvalue weighted by atomic mass is 10.2. The molecule has 0 bridgehead atoms. The SMILES string of the molecule is Cc1cc2[nH]cnc2cc1Cl.Cl. The Morgan fingerprint density at radius 3 is 2.92 bits per heavy atom. The maximum absolute atomic E-state index is 5.89. The predicted octanol–water partition coefficient (Wildman–Crippen LogP) is 2.95. The molecule has 64 valence electrons. The highest BCUT2D eigenvalue weighted by atomic mass is 35.5. The lowest BCUT2D eigenvalue weighted by Crippen LogP contribution is -1.75. The standard InChI is InChI=1S/C8H7ClN2.ClH/c1-5-2-7-8(3-6(5)9)11-4-10-7;/h2-4H,1H3,(H,10,11);1H. The van der Waals surface area contributed by atoms with E-state index in [4.69, 9.17) is 11.6 Å². The Morgan fingerprint density at radius 1 is 1.42 bits per heavy atom. The van der Waals surface area contributed by atoms with Crippen molar-refractivity contribution in [1.29, 1.82) is 0 Å². The van der Waals surface area contributed by atoms with Crippen LogP contribution >= 0.6 is 24.0 Å². The van der Waals surface area contributed by atoms with Gasteiger partial charge in [-0.2, -0.15) is 0 Å². The number of nitrogens with zero attached hydrogens (tertiary/aromatic N) is 1. The van der Waals surface area contributed by atoms with Gasteiger partial charge in [0.05, 0.1) is 17.4 Å². The van der Waals surface area contributed by atoms with Gasteiger partial charge < -0.3 is 4.98 Å². The number of aromatic amines is 1. The molecular formula is C8H8Cl2N2. The molecule has 1 heterocycles. The van der Waals surface area contributed by atoms with Crippen molar-refractivity contribution >= 4 is 35.0 Å². The molecule has 0 aliphatic carbocycles. The van der Waals surface area contributed by atoms with Crippen LogP contribution in [-0.2, 0) is 0 Å². The van der Waals surface area contributed by atoms with Gasteiger partial charge in [-0.15, -0.1) is 12.4 Å². The first kappa shape index (κ1) is 9.36. The molecule has 2 nitrogen and oxygen atoms in total. The van der Waals surface area contributed by atoms with Crippen LogP contribution in [0.3, 0.4) is 0 Å². The molecule has 12 heavy (non-hydrogen) atoms. The molecule has 1 aromatic heterocycles. The first-order chi connectivity index (χ1) is 5.27. The molecule has 0 saturated heterocycles. The summed E-state index contributed by atoms with van der Waals surface area (Å²) < 4.78 is 0. The van der Waals surface area contributed by atoms with E-state index in [1.165, 1.54) is 0 Å². The summed E-state index contributed by atoms with van der Waals surface area (Å²) in [5.41, 5.74) is 3.02. The molecule has 0 unspecified atom stereocenters. The number of nitrogens with one attached hydrogen (secondary N) is 1. The summed E-state index contributed by atoms with van der Waals surface area (Å²) in [6.45, 7) is 1.97. The fourth-order valence-corrected chi connectivity index (χ4v) is 1.22. The van der Waals surface area contributed by atoms with Gasteiger partial charge >= 0.3 is 0 Å². The van der Waals surface area contributed by atoms with Crippen molar-refractivity contribution in [1.82, 2.24) is 9.97 Å². The Morgan fingerprint density at radius 2 is 2.17 bits per heavy atom. The molecule has 0 atom stereocenters. The molecule has 2 rings (SSSR count). The van der Waals surface area contributed by atoms with Gasteiger partial charge in [-0.1, -0.05) is 11.6 Å². The van der Waals surface area contributed by atoms with Crippen LogP contribution in [0, 0.1) is 6.92 Å². The summed E-state index contributed by atoms with van der Waals surface area (Å²) in [6.07, 6.45) is 1.67. The third-order valence-electron chi connectivity index (χ3n) is 1.70. The van der Waals surface area contributed by atoms with Crippen LogP contribution in [0.25, 0.3) is 11.0 Å². The normalized spacial score (nSPS) is 9.83. The fraction of sp³-hybridized carbons (Fsp3) is 0.125. The van der Waals surface area contributed by atoms with Crippen LogP contribution in [0.15, 0.2) is 18.5 Å². The largest absolute Gasteiger partial charge is 0.345 e. The van der Waals surface area contributed by atoms with Crippen molar-refractivity contribution in [2.24, 2.45) is 0 Å². The summed E-state index contributed by atoms with van der Waals surface area (Å²) in [5.74, 6) is 0. The van der Waals surface area contributed by atoms with Crippen LogP contribution in [0.2, 0.25) is 5.02 Å². The van der Waals surface area contributed by atoms with Gasteiger partial charge in [0, 0.05) is 5.02 Å². The van der Waals surface area contributed by atoms with E-state index < -0.39 is 0 Å². The van der Waals surface area contributed by atoms with Crippen LogP contribution in [-0.4, -0.2) is 9.97 Å². The molecule has 0 saturated carbocycles. The minimum absolute atomic E-state index is 0. The number of hydrogen-bond donors (Lipinski definition) is 1. The van der Waals surface area contributed by atoms with E-state index in [0.717, 1.165) is 21.6 Å². The van der Waals surface area contributed by atoms with E-state index in [1.807, 2.05) is 19.1 Å². The first-order valence-corrected chi connectivity index (χ1v) is 3.74. The zero-order valence-electron chi connectivity index (χ0n) is 6.47. The lowest BCUT2D eigenvalue weighted by molar-refractivity contribution is 1.34. The van der Waals surface area contributed by atoms with Crippen molar-refractivity contribution in [2.75, 3.05) is 0 Å². The predicted molar refractivity (Wildman–Crippen MR) is 53.1 cm³/mol. The number of benzene rings is 1. The van der Waals surface area contributed by atoms with E-state index in [2.05, 4.69) is 9.97 Å². The number of halogens is 2. The molecular weight excluding hydrogens is 195 g/mol. The lowest BCUT2D eigenvalue weighted by Gasteiger charge is -1.95. The van der Waals surface area contributed by atoms with Crippen LogP contribution in [0.1, 0.15) is 5.56 Å². The quantitative estimate of drug-likeness (QED) is 0.700. The summed E-state index contributed by atoms with van der Waals surface area (Å²) in [6, 6.07) is 3.85. The topological polar surface area (TPSA) is 28.7 Å². The Hall–Kier alpha value is -0.730. The Bertz CT molecular complexity index is 359. The molecule has 0 radical (unpaired) electrons. The van der Waals surface area contributed by atoms with Crippen molar-refractivity contribution in [2.45, 2.75) is 6.92 Å². The second-order valence-electron chi connectivity index (χ2n) is 2.52. The minimum atomic E-state index is 0. The Kier molecular flexibility index (Phi) is 2.60. The van der Waals surface area contributed by atoms with E-state index in [1.54, 1.807) is 6.33 Å². The maximum Gasteiger partial charge on any atom is 0.0931 e. The Balaban J connectivity index is 0.000000720. The van der Waals surface area contributed by atoms with E-state index in [0.29, 0.717) is 0 Å². The average Bonchev–Trinajstić information content (AvgIpc) is 2.36. The molecule has 1 aromatic carbocycles. The summed E-state index contributed by atoms with van der Waals surface area (Å²) in [5, 5.41) is 0.768. The van der Waals surface area contributed by atoms with Gasteiger partial charge in [0.15, 0.2) is 0 Å². The van der Waals surface area contributed by atoms with Gasteiger partial charge in [0.2, 0.25) is 0 Å². The van der Waals surface area contributed by atoms with Gasteiger partial charge in [-0.3, -0.25) is 0 Å². The second kappa shape index (κ2) is 3.33. The van der Waals surface area contributed by atoms with Crippen molar-refractivity contribution in [3.8, 4) is 0 Å². The molecule has 4 heteroatoms. The Labute approximate surface area is 81.4 Å². The highest BCUT2D eigenvalue weighted by molar-refractivity contribution is 6.32. The molecule has 0 aliphatic heterocycles. The molecule has 0 fully saturated rings. The third-order valence-corrected chi connectivity index (χ3v) is 2.11. The summed E-state index contributed by atoms with van der Waals surface area (Å²) >= 11 is 5.89.